The minimum atomic E-state index is -5.50. The van der Waals surface area contributed by atoms with E-state index in [4.69, 9.17) is 0 Å². The van der Waals surface area contributed by atoms with Crippen molar-refractivity contribution in [2.75, 3.05) is 25.1 Å². The number of nitrogens with zero attached hydrogens (tertiary/aromatic N) is 2. The summed E-state index contributed by atoms with van der Waals surface area (Å²) in [6.07, 6.45) is -10.4. The molecule has 0 aliphatic heterocycles. The van der Waals surface area contributed by atoms with Crippen LogP contribution in [-0.2, 0) is 17.1 Å². The van der Waals surface area contributed by atoms with Gasteiger partial charge in [0.25, 0.3) is 0 Å². The van der Waals surface area contributed by atoms with Gasteiger partial charge < -0.3 is 14.7 Å². The molecule has 1 aromatic heterocycles. The van der Waals surface area contributed by atoms with Gasteiger partial charge in [-0.2, -0.15) is 26.3 Å². The van der Waals surface area contributed by atoms with Gasteiger partial charge in [0.15, 0.2) is 11.4 Å². The minimum Gasteiger partial charge on any atom is -0.478 e. The van der Waals surface area contributed by atoms with Gasteiger partial charge in [0, 0.05) is 13.1 Å². The number of methoxy groups -OCH3 is 1. The van der Waals surface area contributed by atoms with E-state index in [1.165, 1.54) is 0 Å². The number of aromatic nitrogens is 1. The Labute approximate surface area is 156 Å². The first-order valence-corrected chi connectivity index (χ1v) is 8.10. The number of anilines is 1. The lowest BCUT2D eigenvalue weighted by Crippen LogP contribution is -2.33. The van der Waals surface area contributed by atoms with Crippen LogP contribution in [0, 0.1) is 0 Å². The summed E-state index contributed by atoms with van der Waals surface area (Å²) in [5, 5.41) is 9.37. The monoisotopic (exact) mass is 416 g/mol. The molecule has 0 saturated heterocycles. The van der Waals surface area contributed by atoms with Crippen LogP contribution in [0.3, 0.4) is 0 Å². The third-order valence-corrected chi connectivity index (χ3v) is 3.61. The van der Waals surface area contributed by atoms with Crippen molar-refractivity contribution >= 4 is 17.6 Å². The first kappa shape index (κ1) is 23.5. The number of hydrogen-bond donors (Lipinski definition) is 1. The van der Waals surface area contributed by atoms with E-state index in [0.717, 1.165) is 12.0 Å². The highest BCUT2D eigenvalue weighted by atomic mass is 19.4. The van der Waals surface area contributed by atoms with Crippen molar-refractivity contribution in [3.63, 3.8) is 0 Å². The van der Waals surface area contributed by atoms with Gasteiger partial charge in [-0.1, -0.05) is 13.8 Å². The van der Waals surface area contributed by atoms with Crippen molar-refractivity contribution < 1.29 is 45.8 Å². The summed E-state index contributed by atoms with van der Waals surface area (Å²) < 4.78 is 84.8. The Kier molecular flexibility index (Phi) is 7.26. The summed E-state index contributed by atoms with van der Waals surface area (Å²) in [4.78, 5) is 27.2. The number of esters is 1. The molecule has 6 nitrogen and oxygen atoms in total. The molecule has 1 heterocycles. The maximum atomic E-state index is 13.5. The van der Waals surface area contributed by atoms with E-state index in [1.807, 2.05) is 0 Å². The number of halogens is 6. The number of alkyl halides is 6. The number of pyridine rings is 1. The Morgan fingerprint density at radius 1 is 0.964 bits per heavy atom. The second kappa shape index (κ2) is 8.65. The van der Waals surface area contributed by atoms with E-state index < -0.39 is 52.5 Å². The lowest BCUT2D eigenvalue weighted by atomic mass is 10.0. The normalized spacial score (nSPS) is 12.0. The number of carbonyl (C=O) groups excluding carboxylic acids is 1. The number of carboxylic acid groups (broad SMARTS) is 1. The number of carboxylic acids is 1. The van der Waals surface area contributed by atoms with Gasteiger partial charge in [-0.05, 0) is 12.8 Å². The Balaban J connectivity index is 4.23. The molecule has 0 spiro atoms. The van der Waals surface area contributed by atoms with Gasteiger partial charge in [0.2, 0.25) is 0 Å². The molecule has 0 saturated carbocycles. The molecule has 0 bridgehead atoms. The molecule has 0 unspecified atom stereocenters. The van der Waals surface area contributed by atoms with Crippen LogP contribution in [0.5, 0.6) is 0 Å². The smallest absolute Gasteiger partial charge is 0.434 e. The fourth-order valence-corrected chi connectivity index (χ4v) is 2.67. The quantitative estimate of drug-likeness (QED) is 0.529. The van der Waals surface area contributed by atoms with Gasteiger partial charge in [-0.25, -0.2) is 14.6 Å². The molecule has 28 heavy (non-hydrogen) atoms. The van der Waals surface area contributed by atoms with Crippen LogP contribution in [0.2, 0.25) is 0 Å². The number of aromatic carboxylic acids is 1. The highest BCUT2D eigenvalue weighted by molar-refractivity contribution is 6.05. The lowest BCUT2D eigenvalue weighted by molar-refractivity contribution is -0.150. The zero-order valence-corrected chi connectivity index (χ0v) is 15.2. The fourth-order valence-electron chi connectivity index (χ4n) is 2.67. The average molecular weight is 416 g/mol. The third-order valence-electron chi connectivity index (χ3n) is 3.61. The van der Waals surface area contributed by atoms with Crippen LogP contribution in [0.25, 0.3) is 0 Å². The molecule has 0 fully saturated rings. The van der Waals surface area contributed by atoms with Crippen LogP contribution < -0.4 is 4.90 Å². The van der Waals surface area contributed by atoms with Crippen LogP contribution in [-0.4, -0.2) is 42.2 Å². The SMILES string of the molecule is CCCN(CCC)c1c(C(=O)O)c(C(F)(F)F)nc(C(F)(F)F)c1C(=O)OC. The van der Waals surface area contributed by atoms with E-state index in [2.05, 4.69) is 9.72 Å². The van der Waals surface area contributed by atoms with Crippen LogP contribution in [0.1, 0.15) is 58.8 Å². The molecule has 0 radical (unpaired) electrons. The maximum Gasteiger partial charge on any atom is 0.434 e. The fraction of sp³-hybridized carbons (Fsp3) is 0.562. The van der Waals surface area contributed by atoms with Crippen LogP contribution in [0.15, 0.2) is 0 Å². The Bertz CT molecular complexity index is 740. The maximum absolute atomic E-state index is 13.5. The van der Waals surface area contributed by atoms with Crippen molar-refractivity contribution in [1.29, 1.82) is 0 Å². The summed E-state index contributed by atoms with van der Waals surface area (Å²) in [6, 6.07) is 0. The zero-order valence-electron chi connectivity index (χ0n) is 15.2. The predicted octanol–water partition coefficient (Wildman–Crippen LogP) is 4.23. The molecule has 158 valence electrons. The van der Waals surface area contributed by atoms with E-state index in [-0.39, 0.29) is 25.9 Å². The van der Waals surface area contributed by atoms with Crippen molar-refractivity contribution in [2.24, 2.45) is 0 Å². The molecule has 0 aliphatic rings. The molecule has 0 atom stereocenters. The Morgan fingerprint density at radius 2 is 1.39 bits per heavy atom. The summed E-state index contributed by atoms with van der Waals surface area (Å²) >= 11 is 0. The van der Waals surface area contributed by atoms with Crippen LogP contribution >= 0.6 is 0 Å². The van der Waals surface area contributed by atoms with Crippen LogP contribution in [0.4, 0.5) is 32.0 Å². The Morgan fingerprint density at radius 3 is 1.71 bits per heavy atom. The molecule has 1 aromatic rings. The molecular formula is C16H18F6N2O4. The molecule has 0 amide bonds. The molecule has 0 aliphatic carbocycles. The largest absolute Gasteiger partial charge is 0.478 e. The van der Waals surface area contributed by atoms with Gasteiger partial charge in [-0.15, -0.1) is 0 Å². The van der Waals surface area contributed by atoms with E-state index >= 15 is 0 Å². The predicted molar refractivity (Wildman–Crippen MR) is 85.3 cm³/mol. The topological polar surface area (TPSA) is 79.7 Å². The van der Waals surface area contributed by atoms with Crippen molar-refractivity contribution in [3.05, 3.63) is 22.5 Å². The second-order valence-corrected chi connectivity index (χ2v) is 5.69. The second-order valence-electron chi connectivity index (χ2n) is 5.69. The molecule has 12 heteroatoms. The first-order valence-electron chi connectivity index (χ1n) is 8.10. The lowest BCUT2D eigenvalue weighted by Gasteiger charge is -2.29. The van der Waals surface area contributed by atoms with E-state index in [0.29, 0.717) is 0 Å². The number of carbonyl (C=O) groups is 2. The summed E-state index contributed by atoms with van der Waals surface area (Å²) in [5.41, 5.74) is -8.26. The van der Waals surface area contributed by atoms with Crippen molar-refractivity contribution in [2.45, 2.75) is 39.0 Å². The third kappa shape index (κ3) is 4.84. The summed E-state index contributed by atoms with van der Waals surface area (Å²) in [7, 11) is 0.731. The molecular weight excluding hydrogens is 398 g/mol. The number of ether oxygens (including phenoxy) is 1. The van der Waals surface area contributed by atoms with Crippen molar-refractivity contribution in [3.8, 4) is 0 Å². The first-order chi connectivity index (χ1) is 12.8. The van der Waals surface area contributed by atoms with Gasteiger partial charge in [-0.3, -0.25) is 0 Å². The van der Waals surface area contributed by atoms with Crippen molar-refractivity contribution in [1.82, 2.24) is 4.98 Å². The van der Waals surface area contributed by atoms with Gasteiger partial charge >= 0.3 is 24.3 Å². The molecule has 0 aromatic carbocycles. The number of hydrogen-bond acceptors (Lipinski definition) is 5. The summed E-state index contributed by atoms with van der Waals surface area (Å²) in [6.45, 7) is 3.02. The molecule has 1 rings (SSSR count). The number of rotatable bonds is 7. The highest BCUT2D eigenvalue weighted by Gasteiger charge is 2.48. The minimum absolute atomic E-state index is 0.0866. The highest BCUT2D eigenvalue weighted by Crippen LogP contribution is 2.43. The van der Waals surface area contributed by atoms with Gasteiger partial charge in [0.1, 0.15) is 11.1 Å². The van der Waals surface area contributed by atoms with E-state index in [9.17, 15) is 41.0 Å². The van der Waals surface area contributed by atoms with E-state index in [1.54, 1.807) is 13.8 Å². The average Bonchev–Trinajstić information content (AvgIpc) is 2.57. The standard InChI is InChI=1S/C16H18F6N2O4/c1-4-6-24(7-5-2)10-8(13(25)26)11(15(17,18)19)23-12(16(20,21)22)9(10)14(27)28-3/h4-7H2,1-3H3,(H,25,26). The summed E-state index contributed by atoms with van der Waals surface area (Å²) in [5.74, 6) is -3.80. The van der Waals surface area contributed by atoms with Gasteiger partial charge in [0.05, 0.1) is 12.8 Å². The zero-order chi connectivity index (χ0) is 21.9. The molecule has 1 N–H and O–H groups in total. The Hall–Kier alpha value is -2.53.